The van der Waals surface area contributed by atoms with Crippen LogP contribution in [-0.2, 0) is 6.42 Å². The number of benzene rings is 2. The van der Waals surface area contributed by atoms with Crippen LogP contribution in [0.4, 0.5) is 5.82 Å². The molecule has 5 rings (SSSR count). The molecule has 5 nitrogen and oxygen atoms in total. The van der Waals surface area contributed by atoms with Gasteiger partial charge in [0, 0.05) is 5.56 Å². The number of fused-ring (bicyclic) bond motifs is 2. The van der Waals surface area contributed by atoms with Crippen molar-refractivity contribution >= 4 is 16.9 Å². The Labute approximate surface area is 163 Å². The zero-order valence-electron chi connectivity index (χ0n) is 16.1. The molecule has 1 aliphatic rings. The molecule has 4 aromatic rings. The van der Waals surface area contributed by atoms with E-state index in [0.29, 0.717) is 11.4 Å². The van der Waals surface area contributed by atoms with Crippen LogP contribution >= 0.6 is 0 Å². The maximum atomic E-state index is 5.71. The first-order valence-corrected chi connectivity index (χ1v) is 9.74. The van der Waals surface area contributed by atoms with E-state index >= 15 is 0 Å². The highest BCUT2D eigenvalue weighted by molar-refractivity contribution is 5.93. The quantitative estimate of drug-likeness (QED) is 0.524. The third-order valence-corrected chi connectivity index (χ3v) is 5.44. The Balaban J connectivity index is 1.57. The summed E-state index contributed by atoms with van der Waals surface area (Å²) in [7, 11) is 0. The summed E-state index contributed by atoms with van der Waals surface area (Å²) < 4.78 is 5.71. The molecule has 2 aromatic heterocycles. The van der Waals surface area contributed by atoms with Gasteiger partial charge in [0.15, 0.2) is 5.82 Å². The van der Waals surface area contributed by atoms with E-state index in [1.54, 1.807) is 0 Å². The second-order valence-corrected chi connectivity index (χ2v) is 7.48. The Morgan fingerprint density at radius 2 is 1.82 bits per heavy atom. The summed E-state index contributed by atoms with van der Waals surface area (Å²) in [5, 5.41) is 7.93. The standard InChI is InChI=1S/C23H22N4O/c1-14-10-12-17(13-11-14)20-21-22(28-27-20)23(25-15(2)24-21)26-19-9-5-7-16-6-3-4-8-18(16)19/h3-4,6,8,10-13,19H,5,7,9H2,1-2H3,(H,24,25,26). The van der Waals surface area contributed by atoms with Crippen LogP contribution in [0.3, 0.4) is 0 Å². The van der Waals surface area contributed by atoms with Gasteiger partial charge in [-0.05, 0) is 44.2 Å². The number of hydrogen-bond acceptors (Lipinski definition) is 5. The maximum Gasteiger partial charge on any atom is 0.228 e. The van der Waals surface area contributed by atoms with Crippen LogP contribution in [0.5, 0.6) is 0 Å². The molecular weight excluding hydrogens is 348 g/mol. The van der Waals surface area contributed by atoms with Crippen molar-refractivity contribution < 1.29 is 4.52 Å². The van der Waals surface area contributed by atoms with E-state index < -0.39 is 0 Å². The first-order chi connectivity index (χ1) is 13.7. The molecule has 1 unspecified atom stereocenters. The van der Waals surface area contributed by atoms with Gasteiger partial charge >= 0.3 is 0 Å². The number of anilines is 1. The van der Waals surface area contributed by atoms with E-state index in [-0.39, 0.29) is 6.04 Å². The lowest BCUT2D eigenvalue weighted by Crippen LogP contribution is -2.18. The summed E-state index contributed by atoms with van der Waals surface area (Å²) in [6.07, 6.45) is 3.36. The molecular formula is C23H22N4O. The van der Waals surface area contributed by atoms with Gasteiger partial charge in [0.1, 0.15) is 17.0 Å². The molecule has 0 saturated carbocycles. The van der Waals surface area contributed by atoms with E-state index in [0.717, 1.165) is 41.9 Å². The molecule has 1 N–H and O–H groups in total. The van der Waals surface area contributed by atoms with Crippen molar-refractivity contribution in [3.63, 3.8) is 0 Å². The molecule has 2 aromatic carbocycles. The number of nitrogens with zero attached hydrogens (tertiary/aromatic N) is 3. The molecule has 0 fully saturated rings. The van der Waals surface area contributed by atoms with Crippen molar-refractivity contribution in [2.45, 2.75) is 39.2 Å². The van der Waals surface area contributed by atoms with Crippen LogP contribution in [0.1, 0.15) is 41.4 Å². The van der Waals surface area contributed by atoms with E-state index in [1.165, 1.54) is 16.7 Å². The second-order valence-electron chi connectivity index (χ2n) is 7.48. The topological polar surface area (TPSA) is 63.8 Å². The SMILES string of the molecule is Cc1ccc(-c2noc3c(NC4CCCc5ccccc54)nc(C)nc23)cc1. The van der Waals surface area contributed by atoms with Crippen molar-refractivity contribution in [2.24, 2.45) is 0 Å². The minimum atomic E-state index is 0.218. The molecule has 2 heterocycles. The Morgan fingerprint density at radius 1 is 1.00 bits per heavy atom. The molecule has 5 heteroatoms. The molecule has 0 saturated heterocycles. The highest BCUT2D eigenvalue weighted by atomic mass is 16.5. The predicted octanol–water partition coefficient (Wildman–Crippen LogP) is 5.39. The highest BCUT2D eigenvalue weighted by Crippen LogP contribution is 2.35. The first kappa shape index (κ1) is 16.9. The van der Waals surface area contributed by atoms with Gasteiger partial charge in [-0.1, -0.05) is 59.3 Å². The van der Waals surface area contributed by atoms with Gasteiger partial charge in [-0.2, -0.15) is 0 Å². The van der Waals surface area contributed by atoms with Crippen LogP contribution in [0.2, 0.25) is 0 Å². The van der Waals surface area contributed by atoms with Gasteiger partial charge in [0.2, 0.25) is 5.58 Å². The fourth-order valence-corrected chi connectivity index (χ4v) is 4.01. The Morgan fingerprint density at radius 3 is 2.68 bits per heavy atom. The second kappa shape index (κ2) is 6.75. The zero-order valence-corrected chi connectivity index (χ0v) is 16.1. The average molecular weight is 370 g/mol. The van der Waals surface area contributed by atoms with Crippen molar-refractivity contribution in [1.82, 2.24) is 15.1 Å². The molecule has 0 aliphatic heterocycles. The van der Waals surface area contributed by atoms with Crippen LogP contribution in [0, 0.1) is 13.8 Å². The minimum Gasteiger partial charge on any atom is -0.360 e. The molecule has 0 amide bonds. The Bertz CT molecular complexity index is 1150. The predicted molar refractivity (Wildman–Crippen MR) is 110 cm³/mol. The lowest BCUT2D eigenvalue weighted by molar-refractivity contribution is 0.458. The number of aromatic nitrogens is 3. The summed E-state index contributed by atoms with van der Waals surface area (Å²) in [6.45, 7) is 3.98. The molecule has 1 aliphatic carbocycles. The third kappa shape index (κ3) is 2.93. The van der Waals surface area contributed by atoms with Gasteiger partial charge in [-0.15, -0.1) is 0 Å². The first-order valence-electron chi connectivity index (χ1n) is 9.74. The number of nitrogens with one attached hydrogen (secondary N) is 1. The van der Waals surface area contributed by atoms with E-state index in [2.05, 4.69) is 75.9 Å². The van der Waals surface area contributed by atoms with Crippen LogP contribution in [0.25, 0.3) is 22.4 Å². The van der Waals surface area contributed by atoms with E-state index in [1.807, 2.05) is 6.92 Å². The normalized spacial score (nSPS) is 16.1. The van der Waals surface area contributed by atoms with Crippen LogP contribution in [0.15, 0.2) is 53.1 Å². The lowest BCUT2D eigenvalue weighted by Gasteiger charge is -2.26. The third-order valence-electron chi connectivity index (χ3n) is 5.44. The number of rotatable bonds is 3. The molecule has 140 valence electrons. The fourth-order valence-electron chi connectivity index (χ4n) is 4.01. The molecule has 0 radical (unpaired) electrons. The fraction of sp³-hybridized carbons (Fsp3) is 0.261. The summed E-state index contributed by atoms with van der Waals surface area (Å²) in [6, 6.07) is 17.1. The summed E-state index contributed by atoms with van der Waals surface area (Å²) in [4.78, 5) is 9.26. The zero-order chi connectivity index (χ0) is 19.1. The molecule has 28 heavy (non-hydrogen) atoms. The molecule has 0 spiro atoms. The Hall–Kier alpha value is -3.21. The largest absolute Gasteiger partial charge is 0.360 e. The van der Waals surface area contributed by atoms with E-state index in [9.17, 15) is 0 Å². The van der Waals surface area contributed by atoms with Gasteiger partial charge < -0.3 is 9.84 Å². The van der Waals surface area contributed by atoms with Gasteiger partial charge in [-0.25, -0.2) is 9.97 Å². The Kier molecular flexibility index (Phi) is 4.08. The van der Waals surface area contributed by atoms with Crippen LogP contribution < -0.4 is 5.32 Å². The molecule has 1 atom stereocenters. The summed E-state index contributed by atoms with van der Waals surface area (Å²) in [5.41, 5.74) is 7.08. The van der Waals surface area contributed by atoms with Gasteiger partial charge in [0.25, 0.3) is 0 Å². The van der Waals surface area contributed by atoms with Gasteiger partial charge in [0.05, 0.1) is 6.04 Å². The summed E-state index contributed by atoms with van der Waals surface area (Å²) in [5.74, 6) is 1.42. The van der Waals surface area contributed by atoms with Crippen molar-refractivity contribution in [3.8, 4) is 11.3 Å². The monoisotopic (exact) mass is 370 g/mol. The summed E-state index contributed by atoms with van der Waals surface area (Å²) >= 11 is 0. The average Bonchev–Trinajstić information content (AvgIpc) is 3.13. The smallest absolute Gasteiger partial charge is 0.228 e. The maximum absolute atomic E-state index is 5.71. The van der Waals surface area contributed by atoms with E-state index in [4.69, 9.17) is 4.52 Å². The highest BCUT2D eigenvalue weighted by Gasteiger charge is 2.23. The van der Waals surface area contributed by atoms with Crippen molar-refractivity contribution in [2.75, 3.05) is 5.32 Å². The minimum absolute atomic E-state index is 0.218. The van der Waals surface area contributed by atoms with Crippen molar-refractivity contribution in [1.29, 1.82) is 0 Å². The lowest BCUT2D eigenvalue weighted by atomic mass is 9.88. The van der Waals surface area contributed by atoms with Crippen molar-refractivity contribution in [3.05, 3.63) is 71.0 Å². The van der Waals surface area contributed by atoms with Gasteiger partial charge in [-0.3, -0.25) is 0 Å². The van der Waals surface area contributed by atoms with Crippen LogP contribution in [-0.4, -0.2) is 15.1 Å². The number of aryl methyl sites for hydroxylation is 3. The molecule has 0 bridgehead atoms. The number of hydrogen-bond donors (Lipinski definition) is 1.